The van der Waals surface area contributed by atoms with E-state index in [0.717, 1.165) is 11.8 Å². The third kappa shape index (κ3) is 4.54. The molecule has 0 saturated heterocycles. The van der Waals surface area contributed by atoms with Gasteiger partial charge in [-0.25, -0.2) is 21.6 Å². The van der Waals surface area contributed by atoms with Gasteiger partial charge in [0.15, 0.2) is 9.84 Å². The first-order valence-electron chi connectivity index (χ1n) is 6.67. The first-order valence-corrected chi connectivity index (χ1v) is 10.4. The van der Waals surface area contributed by atoms with Crippen molar-refractivity contribution in [3.63, 3.8) is 0 Å². The summed E-state index contributed by atoms with van der Waals surface area (Å²) in [6, 6.07) is 11.5. The van der Waals surface area contributed by atoms with Crippen LogP contribution in [0.1, 0.15) is 18.5 Å². The molecule has 0 bridgehead atoms. The van der Waals surface area contributed by atoms with Crippen molar-refractivity contribution in [1.82, 2.24) is 4.72 Å². The predicted molar refractivity (Wildman–Crippen MR) is 89.7 cm³/mol. The van der Waals surface area contributed by atoms with Crippen molar-refractivity contribution >= 4 is 31.5 Å². The summed E-state index contributed by atoms with van der Waals surface area (Å²) >= 11 is 5.90. The zero-order valence-corrected chi connectivity index (χ0v) is 14.9. The summed E-state index contributed by atoms with van der Waals surface area (Å²) < 4.78 is 50.1. The Morgan fingerprint density at radius 3 is 2.04 bits per heavy atom. The summed E-state index contributed by atoms with van der Waals surface area (Å²) in [6.45, 7) is 1.70. The van der Waals surface area contributed by atoms with E-state index >= 15 is 0 Å². The van der Waals surface area contributed by atoms with E-state index in [4.69, 9.17) is 11.6 Å². The average molecular weight is 374 g/mol. The number of rotatable bonds is 5. The largest absolute Gasteiger partial charge is 0.241 e. The first-order chi connectivity index (χ1) is 10.6. The third-order valence-corrected chi connectivity index (χ3v) is 6.16. The molecule has 8 heteroatoms. The third-order valence-electron chi connectivity index (χ3n) is 3.24. The Balaban J connectivity index is 2.25. The van der Waals surface area contributed by atoms with Gasteiger partial charge in [-0.2, -0.15) is 0 Å². The van der Waals surface area contributed by atoms with Crippen LogP contribution in [0.2, 0.25) is 5.02 Å². The summed E-state index contributed by atoms with van der Waals surface area (Å²) in [7, 11) is -7.14. The van der Waals surface area contributed by atoms with Crippen LogP contribution >= 0.6 is 11.6 Å². The molecule has 1 atom stereocenters. The quantitative estimate of drug-likeness (QED) is 0.873. The smallest absolute Gasteiger partial charge is 0.224 e. The Morgan fingerprint density at radius 1 is 0.957 bits per heavy atom. The molecular weight excluding hydrogens is 358 g/mol. The molecule has 0 saturated carbocycles. The molecule has 0 aliphatic rings. The minimum atomic E-state index is -3.77. The lowest BCUT2D eigenvalue weighted by atomic mass is 10.1. The molecule has 1 N–H and O–H groups in total. The van der Waals surface area contributed by atoms with Crippen molar-refractivity contribution < 1.29 is 16.8 Å². The van der Waals surface area contributed by atoms with Crippen LogP contribution in [0.5, 0.6) is 0 Å². The van der Waals surface area contributed by atoms with Crippen LogP contribution in [0, 0.1) is 0 Å². The zero-order chi connectivity index (χ0) is 17.3. The van der Waals surface area contributed by atoms with Crippen LogP contribution in [0.25, 0.3) is 0 Å². The lowest BCUT2D eigenvalue weighted by Gasteiger charge is -2.15. The van der Waals surface area contributed by atoms with E-state index in [2.05, 4.69) is 4.72 Å². The summed E-state index contributed by atoms with van der Waals surface area (Å²) in [5.74, 6) is 0. The maximum Gasteiger partial charge on any atom is 0.241 e. The summed E-state index contributed by atoms with van der Waals surface area (Å²) in [5, 5.41) is 0.519. The van der Waals surface area contributed by atoms with Gasteiger partial charge in [0.05, 0.1) is 9.79 Å². The van der Waals surface area contributed by atoms with Crippen molar-refractivity contribution in [2.45, 2.75) is 22.8 Å². The molecule has 0 heterocycles. The van der Waals surface area contributed by atoms with Crippen LogP contribution in [0.3, 0.4) is 0 Å². The van der Waals surface area contributed by atoms with Crippen molar-refractivity contribution in [1.29, 1.82) is 0 Å². The maximum atomic E-state index is 12.4. The average Bonchev–Trinajstić information content (AvgIpc) is 2.46. The normalized spacial score (nSPS) is 13.7. The molecule has 0 amide bonds. The second kappa shape index (κ2) is 6.60. The molecule has 0 spiro atoms. The highest BCUT2D eigenvalue weighted by atomic mass is 35.5. The lowest BCUT2D eigenvalue weighted by Crippen LogP contribution is -2.26. The Kier molecular flexibility index (Phi) is 5.15. The molecule has 2 rings (SSSR count). The molecule has 0 radical (unpaired) electrons. The van der Waals surface area contributed by atoms with Crippen molar-refractivity contribution in [2.24, 2.45) is 0 Å². The van der Waals surface area contributed by atoms with Crippen molar-refractivity contribution in [2.75, 3.05) is 6.26 Å². The number of halogens is 1. The van der Waals surface area contributed by atoms with Gasteiger partial charge in [0, 0.05) is 17.3 Å². The number of hydrogen-bond donors (Lipinski definition) is 1. The Hall–Kier alpha value is -1.41. The fraction of sp³-hybridized carbons (Fsp3) is 0.200. The second-order valence-corrected chi connectivity index (χ2v) is 9.31. The second-order valence-electron chi connectivity index (χ2n) is 5.14. The fourth-order valence-corrected chi connectivity index (χ4v) is 4.07. The molecule has 2 aromatic carbocycles. The summed E-state index contributed by atoms with van der Waals surface area (Å²) in [4.78, 5) is 0.0677. The molecule has 2 aromatic rings. The van der Waals surface area contributed by atoms with Crippen LogP contribution in [-0.2, 0) is 19.9 Å². The Bertz CT molecular complexity index is 907. The molecule has 23 heavy (non-hydrogen) atoms. The minimum Gasteiger partial charge on any atom is -0.224 e. The predicted octanol–water partition coefficient (Wildman–Crippen LogP) is 2.78. The number of sulfone groups is 1. The SMILES string of the molecule is CC(NS(=O)(=O)c1ccc(S(C)(=O)=O)cc1)c1cccc(Cl)c1. The van der Waals surface area contributed by atoms with Gasteiger partial charge in [-0.3, -0.25) is 0 Å². The van der Waals surface area contributed by atoms with E-state index in [9.17, 15) is 16.8 Å². The fourth-order valence-electron chi connectivity index (χ4n) is 2.01. The van der Waals surface area contributed by atoms with Gasteiger partial charge < -0.3 is 0 Å². The number of hydrogen-bond acceptors (Lipinski definition) is 4. The van der Waals surface area contributed by atoms with E-state index in [1.165, 1.54) is 24.3 Å². The highest BCUT2D eigenvalue weighted by molar-refractivity contribution is 7.90. The number of benzene rings is 2. The molecule has 1 unspecified atom stereocenters. The highest BCUT2D eigenvalue weighted by Crippen LogP contribution is 2.21. The molecule has 5 nitrogen and oxygen atoms in total. The molecule has 0 aromatic heterocycles. The van der Waals surface area contributed by atoms with E-state index < -0.39 is 25.9 Å². The van der Waals surface area contributed by atoms with Gasteiger partial charge in [0.25, 0.3) is 0 Å². The van der Waals surface area contributed by atoms with Crippen LogP contribution < -0.4 is 4.72 Å². The van der Waals surface area contributed by atoms with Gasteiger partial charge in [-0.15, -0.1) is 0 Å². The maximum absolute atomic E-state index is 12.4. The van der Waals surface area contributed by atoms with Gasteiger partial charge in [0.2, 0.25) is 10.0 Å². The lowest BCUT2D eigenvalue weighted by molar-refractivity contribution is 0.566. The molecule has 0 aliphatic carbocycles. The van der Waals surface area contributed by atoms with E-state index in [0.29, 0.717) is 5.02 Å². The highest BCUT2D eigenvalue weighted by Gasteiger charge is 2.19. The van der Waals surface area contributed by atoms with E-state index in [-0.39, 0.29) is 9.79 Å². The van der Waals surface area contributed by atoms with E-state index in [1.54, 1.807) is 31.2 Å². The zero-order valence-electron chi connectivity index (χ0n) is 12.5. The summed E-state index contributed by atoms with van der Waals surface area (Å²) in [6.07, 6.45) is 1.07. The van der Waals surface area contributed by atoms with Crippen LogP contribution in [-0.4, -0.2) is 23.1 Å². The standard InChI is InChI=1S/C15H16ClNO4S2/c1-11(12-4-3-5-13(16)10-12)17-23(20,21)15-8-6-14(7-9-15)22(2,18)19/h3-11,17H,1-2H3. The van der Waals surface area contributed by atoms with Crippen LogP contribution in [0.15, 0.2) is 58.3 Å². The van der Waals surface area contributed by atoms with Crippen molar-refractivity contribution in [3.05, 3.63) is 59.1 Å². The summed E-state index contributed by atoms with van der Waals surface area (Å²) in [5.41, 5.74) is 0.730. The molecule has 0 fully saturated rings. The molecular formula is C15H16ClNO4S2. The van der Waals surface area contributed by atoms with Gasteiger partial charge in [-0.05, 0) is 48.9 Å². The van der Waals surface area contributed by atoms with E-state index in [1.807, 2.05) is 0 Å². The Morgan fingerprint density at radius 2 is 1.52 bits per heavy atom. The van der Waals surface area contributed by atoms with Crippen LogP contribution in [0.4, 0.5) is 0 Å². The van der Waals surface area contributed by atoms with Gasteiger partial charge in [0.1, 0.15) is 0 Å². The number of sulfonamides is 1. The Labute approximate surface area is 141 Å². The van der Waals surface area contributed by atoms with Crippen molar-refractivity contribution in [3.8, 4) is 0 Å². The first kappa shape index (κ1) is 17.9. The van der Waals surface area contributed by atoms with Gasteiger partial charge in [-0.1, -0.05) is 23.7 Å². The van der Waals surface area contributed by atoms with Gasteiger partial charge >= 0.3 is 0 Å². The molecule has 124 valence electrons. The molecule has 0 aliphatic heterocycles. The minimum absolute atomic E-state index is 0.00113. The monoisotopic (exact) mass is 373 g/mol. The topological polar surface area (TPSA) is 80.3 Å². The number of nitrogens with one attached hydrogen (secondary N) is 1.